The van der Waals surface area contributed by atoms with Gasteiger partial charge in [0, 0.05) is 41.8 Å². The minimum Gasteiger partial charge on any atom is -0.361 e. The van der Waals surface area contributed by atoms with Gasteiger partial charge in [0.15, 0.2) is 17.5 Å². The molecule has 0 saturated heterocycles. The van der Waals surface area contributed by atoms with E-state index in [4.69, 9.17) is 0 Å². The van der Waals surface area contributed by atoms with E-state index in [1.54, 1.807) is 26.2 Å². The first-order valence-electron chi connectivity index (χ1n) is 10.0. The summed E-state index contributed by atoms with van der Waals surface area (Å²) in [4.78, 5) is 17.7. The van der Waals surface area contributed by atoms with Crippen LogP contribution < -0.4 is 0 Å². The predicted molar refractivity (Wildman–Crippen MR) is 110 cm³/mol. The Morgan fingerprint density at radius 1 is 1.09 bits per heavy atom. The average molecular weight is 442 g/mol. The van der Waals surface area contributed by atoms with E-state index in [1.807, 2.05) is 0 Å². The van der Waals surface area contributed by atoms with Crippen molar-refractivity contribution in [3.05, 3.63) is 76.6 Å². The number of nitrogens with one attached hydrogen (secondary N) is 1. The van der Waals surface area contributed by atoms with Crippen LogP contribution in [-0.2, 0) is 13.5 Å². The van der Waals surface area contributed by atoms with Crippen LogP contribution in [0.3, 0.4) is 0 Å². The summed E-state index contributed by atoms with van der Waals surface area (Å²) in [5, 5.41) is 5.13. The van der Waals surface area contributed by atoms with Gasteiger partial charge in [0.2, 0.25) is 0 Å². The van der Waals surface area contributed by atoms with E-state index in [0.717, 1.165) is 17.7 Å². The molecule has 3 heterocycles. The third-order valence-corrected chi connectivity index (χ3v) is 6.03. The lowest BCUT2D eigenvalue weighted by molar-refractivity contribution is 0.0669. The zero-order chi connectivity index (χ0) is 22.7. The summed E-state index contributed by atoms with van der Waals surface area (Å²) in [6, 6.07) is 5.88. The summed E-state index contributed by atoms with van der Waals surface area (Å²) in [5.74, 6) is -5.19. The lowest BCUT2D eigenvalue weighted by Crippen LogP contribution is -2.39. The van der Waals surface area contributed by atoms with E-state index in [9.17, 15) is 22.4 Å². The summed E-state index contributed by atoms with van der Waals surface area (Å²) < 4.78 is 57.2. The number of carbonyl (C=O) groups excluding carboxylic acids is 1. The third-order valence-electron chi connectivity index (χ3n) is 6.03. The highest BCUT2D eigenvalue weighted by atomic mass is 19.2. The predicted octanol–water partition coefficient (Wildman–Crippen LogP) is 4.88. The third kappa shape index (κ3) is 2.99. The van der Waals surface area contributed by atoms with Crippen LogP contribution >= 0.6 is 0 Å². The van der Waals surface area contributed by atoms with Gasteiger partial charge in [-0.3, -0.25) is 9.48 Å². The van der Waals surface area contributed by atoms with E-state index >= 15 is 0 Å². The Hall–Kier alpha value is -3.62. The molecule has 0 saturated carbocycles. The molecule has 0 spiro atoms. The maximum Gasteiger partial charge on any atom is 0.257 e. The number of H-pyrrole nitrogens is 1. The number of aromatic amines is 1. The summed E-state index contributed by atoms with van der Waals surface area (Å²) >= 11 is 0. The fraction of sp³-hybridized carbons (Fsp3) is 0.217. The summed E-state index contributed by atoms with van der Waals surface area (Å²) in [5.41, 5.74) is 2.49. The molecule has 1 aliphatic rings. The fourth-order valence-electron chi connectivity index (χ4n) is 4.47. The molecule has 0 unspecified atom stereocenters. The van der Waals surface area contributed by atoms with Crippen LogP contribution in [0.25, 0.3) is 22.2 Å². The largest absolute Gasteiger partial charge is 0.361 e. The Bertz CT molecular complexity index is 1370. The van der Waals surface area contributed by atoms with Crippen molar-refractivity contribution < 1.29 is 22.4 Å². The van der Waals surface area contributed by atoms with E-state index in [0.29, 0.717) is 28.7 Å². The topological polar surface area (TPSA) is 53.9 Å². The molecule has 32 heavy (non-hydrogen) atoms. The smallest absolute Gasteiger partial charge is 0.257 e. The molecular weight excluding hydrogens is 424 g/mol. The summed E-state index contributed by atoms with van der Waals surface area (Å²) in [6.45, 7) is 2.03. The van der Waals surface area contributed by atoms with E-state index in [-0.39, 0.29) is 17.7 Å². The van der Waals surface area contributed by atoms with Crippen molar-refractivity contribution >= 4 is 16.8 Å². The van der Waals surface area contributed by atoms with Gasteiger partial charge in [-0.25, -0.2) is 17.6 Å². The van der Waals surface area contributed by atoms with Crippen molar-refractivity contribution in [1.82, 2.24) is 19.7 Å². The molecule has 5 nitrogen and oxygen atoms in total. The van der Waals surface area contributed by atoms with Crippen LogP contribution in [0.15, 0.2) is 36.5 Å². The van der Waals surface area contributed by atoms with Crippen LogP contribution in [0.2, 0.25) is 0 Å². The molecule has 5 rings (SSSR count). The first kappa shape index (κ1) is 20.3. The number of amides is 1. The Morgan fingerprint density at radius 2 is 1.81 bits per heavy atom. The van der Waals surface area contributed by atoms with Crippen LogP contribution in [0, 0.1) is 23.3 Å². The van der Waals surface area contributed by atoms with E-state index in [2.05, 4.69) is 10.1 Å². The Morgan fingerprint density at radius 3 is 2.53 bits per heavy atom. The normalized spacial score (nSPS) is 15.9. The lowest BCUT2D eigenvalue weighted by Gasteiger charge is -2.33. The van der Waals surface area contributed by atoms with Crippen molar-refractivity contribution in [2.24, 2.45) is 7.05 Å². The van der Waals surface area contributed by atoms with Crippen molar-refractivity contribution in [2.45, 2.75) is 19.4 Å². The number of rotatable bonds is 2. The van der Waals surface area contributed by atoms with E-state index < -0.39 is 35.2 Å². The lowest BCUT2D eigenvalue weighted by atomic mass is 9.95. The molecule has 9 heteroatoms. The molecule has 0 fully saturated rings. The molecular formula is C23H18F4N4O. The zero-order valence-corrected chi connectivity index (χ0v) is 17.2. The number of hydrogen-bond donors (Lipinski definition) is 1. The second-order valence-electron chi connectivity index (χ2n) is 7.91. The number of aryl methyl sites for hydroxylation is 1. The maximum atomic E-state index is 14.6. The monoisotopic (exact) mass is 442 g/mol. The van der Waals surface area contributed by atoms with Crippen LogP contribution in [0.4, 0.5) is 17.6 Å². The highest BCUT2D eigenvalue weighted by molar-refractivity contribution is 5.98. The van der Waals surface area contributed by atoms with Gasteiger partial charge in [0.05, 0.1) is 23.0 Å². The number of aromatic nitrogens is 3. The average Bonchev–Trinajstić information content (AvgIpc) is 3.34. The van der Waals surface area contributed by atoms with Crippen molar-refractivity contribution in [1.29, 1.82) is 0 Å². The quantitative estimate of drug-likeness (QED) is 0.355. The van der Waals surface area contributed by atoms with Gasteiger partial charge < -0.3 is 9.88 Å². The van der Waals surface area contributed by atoms with Gasteiger partial charge >= 0.3 is 0 Å². The highest BCUT2D eigenvalue weighted by Gasteiger charge is 2.34. The fourth-order valence-corrected chi connectivity index (χ4v) is 4.47. The Balaban J connectivity index is 1.53. The van der Waals surface area contributed by atoms with Gasteiger partial charge in [0.1, 0.15) is 5.82 Å². The van der Waals surface area contributed by atoms with Gasteiger partial charge in [-0.15, -0.1) is 0 Å². The van der Waals surface area contributed by atoms with Gasteiger partial charge in [-0.1, -0.05) is 0 Å². The van der Waals surface area contributed by atoms with Crippen LogP contribution in [0.1, 0.15) is 34.6 Å². The maximum absolute atomic E-state index is 14.6. The SMILES string of the molecule is C[C@H]1c2nn(C)c(-c3cc(F)c(F)c(F)c3)c2CCN1C(=O)c1cc2[nH]ccc2cc1F. The second-order valence-corrected chi connectivity index (χ2v) is 7.91. The first-order valence-corrected chi connectivity index (χ1v) is 10.0. The molecule has 0 bridgehead atoms. The highest BCUT2D eigenvalue weighted by Crippen LogP contribution is 2.37. The molecule has 1 atom stereocenters. The van der Waals surface area contributed by atoms with Gasteiger partial charge in [-0.05, 0) is 43.7 Å². The molecule has 1 N–H and O–H groups in total. The van der Waals surface area contributed by atoms with Crippen LogP contribution in [0.5, 0.6) is 0 Å². The Labute approximate surface area is 180 Å². The van der Waals surface area contributed by atoms with E-state index in [1.165, 1.54) is 21.7 Å². The van der Waals surface area contributed by atoms with Gasteiger partial charge in [-0.2, -0.15) is 5.10 Å². The standard InChI is InChI=1S/C23H18F4N4O/c1-11-21-14(22(30(2)29-21)13-8-17(25)20(27)18(26)9-13)4-6-31(11)23(32)15-10-19-12(3-5-28-19)7-16(15)24/h3,5,7-11,28H,4,6H2,1-2H3/t11-/m0/s1. The molecule has 1 amide bonds. The zero-order valence-electron chi connectivity index (χ0n) is 17.2. The second kappa shape index (κ2) is 7.22. The molecule has 4 aromatic rings. The minimum atomic E-state index is -1.53. The first-order chi connectivity index (χ1) is 15.3. The van der Waals surface area contributed by atoms with Crippen molar-refractivity contribution in [3.8, 4) is 11.3 Å². The minimum absolute atomic E-state index is 0.0471. The molecule has 0 radical (unpaired) electrons. The van der Waals surface area contributed by atoms with Crippen molar-refractivity contribution in [2.75, 3.05) is 6.54 Å². The molecule has 2 aromatic carbocycles. The molecule has 0 aliphatic carbocycles. The molecule has 2 aromatic heterocycles. The van der Waals surface area contributed by atoms with Crippen molar-refractivity contribution in [3.63, 3.8) is 0 Å². The summed E-state index contributed by atoms with van der Waals surface area (Å²) in [7, 11) is 1.62. The number of halogens is 4. The van der Waals surface area contributed by atoms with Crippen LogP contribution in [-0.4, -0.2) is 32.1 Å². The Kier molecular flexibility index (Phi) is 4.58. The number of nitrogens with zero attached hydrogens (tertiary/aromatic N) is 3. The number of fused-ring (bicyclic) bond motifs is 2. The van der Waals surface area contributed by atoms with Gasteiger partial charge in [0.25, 0.3) is 5.91 Å². The molecule has 1 aliphatic heterocycles. The molecule has 164 valence electrons. The number of carbonyl (C=O) groups is 1. The number of benzene rings is 2. The number of hydrogen-bond acceptors (Lipinski definition) is 2. The summed E-state index contributed by atoms with van der Waals surface area (Å²) in [6.07, 6.45) is 2.02.